The molecule has 3 N–H and O–H groups in total. The molecule has 1 saturated carbocycles. The molecule has 1 aromatic heterocycles. The number of anilines is 1. The van der Waals surface area contributed by atoms with Crippen LogP contribution in [0.25, 0.3) is 0 Å². The second kappa shape index (κ2) is 6.15. The van der Waals surface area contributed by atoms with Crippen molar-refractivity contribution in [1.82, 2.24) is 14.8 Å². The zero-order valence-electron chi connectivity index (χ0n) is 14.0. The predicted octanol–water partition coefficient (Wildman–Crippen LogP) is 1.89. The largest absolute Gasteiger partial charge is 0.394 e. The molecule has 2 bridgehead atoms. The van der Waals surface area contributed by atoms with Gasteiger partial charge in [0.1, 0.15) is 0 Å². The van der Waals surface area contributed by atoms with Gasteiger partial charge in [0.15, 0.2) is 0 Å². The number of fused-ring (bicyclic) bond motifs is 4. The number of nitrogens with one attached hydrogen (secondary N) is 1. The number of hydrogen-bond donors (Lipinski definition) is 2. The van der Waals surface area contributed by atoms with Crippen LogP contribution in [0.2, 0.25) is 0 Å². The van der Waals surface area contributed by atoms with E-state index in [-0.39, 0.29) is 17.5 Å². The Hall–Kier alpha value is -1.98. The molecule has 24 heavy (non-hydrogen) atoms. The minimum absolute atomic E-state index is 0.0721. The quantitative estimate of drug-likeness (QED) is 0.825. The van der Waals surface area contributed by atoms with E-state index >= 15 is 0 Å². The Bertz CT molecular complexity index is 693. The van der Waals surface area contributed by atoms with Gasteiger partial charge in [0.05, 0.1) is 5.69 Å². The molecule has 2 aliphatic heterocycles. The summed E-state index contributed by atoms with van der Waals surface area (Å²) >= 11 is 0. The van der Waals surface area contributed by atoms with Crippen LogP contribution in [0.1, 0.15) is 50.1 Å². The van der Waals surface area contributed by atoms with Gasteiger partial charge in [-0.3, -0.25) is 4.79 Å². The molecule has 130 valence electrons. The first-order valence-corrected chi connectivity index (χ1v) is 9.16. The molecule has 2 fully saturated rings. The molecule has 2 atom stereocenters. The molecule has 6 nitrogen and oxygen atoms in total. The average molecular weight is 330 g/mol. The summed E-state index contributed by atoms with van der Waals surface area (Å²) in [6.07, 6.45) is 6.97. The van der Waals surface area contributed by atoms with Crippen molar-refractivity contribution in [1.29, 1.82) is 0 Å². The Kier molecular flexibility index (Phi) is 3.98. The van der Waals surface area contributed by atoms with Crippen molar-refractivity contribution in [2.24, 2.45) is 5.92 Å². The van der Waals surface area contributed by atoms with Crippen LogP contribution in [0.15, 0.2) is 16.9 Å². The fourth-order valence-corrected chi connectivity index (χ4v) is 4.64. The average Bonchev–Trinajstić information content (AvgIpc) is 2.59. The standard InChI is InChI=1S/C18H26N4O2/c19-15-6-7-16-13-8-12(10-22(16)17(15)23)9-21(11-13)18(24)20-14-4-2-1-3-5-14/h6-7,12-14H,1-5,8-11,19H2,(H,20,24). The van der Waals surface area contributed by atoms with Crippen molar-refractivity contribution in [3.05, 3.63) is 28.2 Å². The molecular formula is C18H26N4O2. The maximum atomic E-state index is 12.7. The van der Waals surface area contributed by atoms with Crippen molar-refractivity contribution in [2.75, 3.05) is 18.8 Å². The Balaban J connectivity index is 1.49. The molecule has 2 amide bonds. The highest BCUT2D eigenvalue weighted by molar-refractivity contribution is 5.74. The number of nitrogens with zero attached hydrogens (tertiary/aromatic N) is 2. The van der Waals surface area contributed by atoms with E-state index in [1.165, 1.54) is 19.3 Å². The van der Waals surface area contributed by atoms with Crippen LogP contribution >= 0.6 is 0 Å². The number of likely N-dealkylation sites (tertiary alicyclic amines) is 1. The summed E-state index contributed by atoms with van der Waals surface area (Å²) in [5, 5.41) is 3.22. The topological polar surface area (TPSA) is 80.4 Å². The lowest BCUT2D eigenvalue weighted by Crippen LogP contribution is -2.53. The molecule has 1 saturated heterocycles. The molecule has 0 spiro atoms. The number of urea groups is 1. The van der Waals surface area contributed by atoms with Crippen LogP contribution in [-0.2, 0) is 6.54 Å². The summed E-state index contributed by atoms with van der Waals surface area (Å²) in [5.41, 5.74) is 7.02. The summed E-state index contributed by atoms with van der Waals surface area (Å²) in [4.78, 5) is 26.9. The molecule has 3 aliphatic rings. The summed E-state index contributed by atoms with van der Waals surface area (Å²) in [5.74, 6) is 0.579. The van der Waals surface area contributed by atoms with Gasteiger partial charge in [0.2, 0.25) is 0 Å². The molecule has 0 aromatic carbocycles. The van der Waals surface area contributed by atoms with Gasteiger partial charge in [-0.1, -0.05) is 19.3 Å². The molecule has 1 aromatic rings. The summed E-state index contributed by atoms with van der Waals surface area (Å²) in [6, 6.07) is 4.07. The molecule has 6 heteroatoms. The van der Waals surface area contributed by atoms with E-state index in [0.29, 0.717) is 30.7 Å². The molecule has 4 rings (SSSR count). The maximum Gasteiger partial charge on any atom is 0.317 e. The molecular weight excluding hydrogens is 304 g/mol. The lowest BCUT2D eigenvalue weighted by atomic mass is 9.83. The van der Waals surface area contributed by atoms with Crippen LogP contribution in [-0.4, -0.2) is 34.6 Å². The fraction of sp³-hybridized carbons (Fsp3) is 0.667. The van der Waals surface area contributed by atoms with Crippen molar-refractivity contribution in [2.45, 2.75) is 57.0 Å². The third-order valence-corrected chi connectivity index (χ3v) is 5.85. The number of amides is 2. The number of carbonyl (C=O) groups excluding carboxylic acids is 1. The van der Waals surface area contributed by atoms with Crippen molar-refractivity contribution in [3.8, 4) is 0 Å². The molecule has 0 radical (unpaired) electrons. The Morgan fingerprint density at radius 1 is 1.12 bits per heavy atom. The number of nitrogen functional groups attached to an aromatic ring is 1. The van der Waals surface area contributed by atoms with E-state index in [2.05, 4.69) is 5.32 Å². The fourth-order valence-electron chi connectivity index (χ4n) is 4.64. The first-order chi connectivity index (χ1) is 11.6. The highest BCUT2D eigenvalue weighted by Crippen LogP contribution is 2.35. The Morgan fingerprint density at radius 3 is 2.71 bits per heavy atom. The zero-order chi connectivity index (χ0) is 16.7. The lowest BCUT2D eigenvalue weighted by molar-refractivity contribution is 0.127. The Labute approximate surface area is 142 Å². The third kappa shape index (κ3) is 2.78. The normalized spacial score (nSPS) is 26.8. The van der Waals surface area contributed by atoms with Gasteiger partial charge < -0.3 is 20.5 Å². The number of nitrogens with two attached hydrogens (primary N) is 1. The van der Waals surface area contributed by atoms with Gasteiger partial charge in [-0.15, -0.1) is 0 Å². The number of rotatable bonds is 1. The van der Waals surface area contributed by atoms with Gasteiger partial charge in [-0.2, -0.15) is 0 Å². The van der Waals surface area contributed by atoms with Crippen LogP contribution in [0.4, 0.5) is 10.5 Å². The molecule has 3 heterocycles. The number of pyridine rings is 1. The molecule has 2 unspecified atom stereocenters. The van der Waals surface area contributed by atoms with E-state index in [9.17, 15) is 9.59 Å². The zero-order valence-corrected chi connectivity index (χ0v) is 14.0. The number of piperidine rings is 1. The summed E-state index contributed by atoms with van der Waals surface area (Å²) in [7, 11) is 0. The number of aromatic nitrogens is 1. The van der Waals surface area contributed by atoms with Crippen LogP contribution in [0.5, 0.6) is 0 Å². The van der Waals surface area contributed by atoms with Crippen LogP contribution in [0, 0.1) is 5.92 Å². The number of hydrogen-bond acceptors (Lipinski definition) is 3. The minimum Gasteiger partial charge on any atom is -0.394 e. The van der Waals surface area contributed by atoms with Crippen molar-refractivity contribution >= 4 is 11.7 Å². The van der Waals surface area contributed by atoms with E-state index in [1.54, 1.807) is 6.07 Å². The van der Waals surface area contributed by atoms with E-state index in [0.717, 1.165) is 31.5 Å². The third-order valence-electron chi connectivity index (χ3n) is 5.85. The summed E-state index contributed by atoms with van der Waals surface area (Å²) in [6.45, 7) is 2.09. The summed E-state index contributed by atoms with van der Waals surface area (Å²) < 4.78 is 1.82. The van der Waals surface area contributed by atoms with Gasteiger partial charge in [-0.25, -0.2) is 4.79 Å². The van der Waals surface area contributed by atoms with E-state index < -0.39 is 0 Å². The first-order valence-electron chi connectivity index (χ1n) is 9.16. The molecule has 1 aliphatic carbocycles. The van der Waals surface area contributed by atoms with Crippen LogP contribution < -0.4 is 16.6 Å². The first kappa shape index (κ1) is 15.5. The lowest BCUT2D eigenvalue weighted by Gasteiger charge is -2.43. The second-order valence-corrected chi connectivity index (χ2v) is 7.62. The number of carbonyl (C=O) groups is 1. The van der Waals surface area contributed by atoms with Gasteiger partial charge in [-0.05, 0) is 37.3 Å². The minimum atomic E-state index is -0.0812. The maximum absolute atomic E-state index is 12.7. The monoisotopic (exact) mass is 330 g/mol. The highest BCUT2D eigenvalue weighted by Gasteiger charge is 2.37. The predicted molar refractivity (Wildman–Crippen MR) is 92.9 cm³/mol. The SMILES string of the molecule is Nc1ccc2n(c1=O)CC1CC2CN(C(=O)NC2CCCCC2)C1. The smallest absolute Gasteiger partial charge is 0.317 e. The van der Waals surface area contributed by atoms with Crippen LogP contribution in [0.3, 0.4) is 0 Å². The Morgan fingerprint density at radius 2 is 1.92 bits per heavy atom. The van der Waals surface area contributed by atoms with Crippen molar-refractivity contribution in [3.63, 3.8) is 0 Å². The second-order valence-electron chi connectivity index (χ2n) is 7.62. The highest BCUT2D eigenvalue weighted by atomic mass is 16.2. The van der Waals surface area contributed by atoms with E-state index in [4.69, 9.17) is 5.73 Å². The van der Waals surface area contributed by atoms with Gasteiger partial charge in [0.25, 0.3) is 5.56 Å². The van der Waals surface area contributed by atoms with Gasteiger partial charge in [0, 0.05) is 37.3 Å². The van der Waals surface area contributed by atoms with E-state index in [1.807, 2.05) is 15.5 Å². The van der Waals surface area contributed by atoms with Crippen molar-refractivity contribution < 1.29 is 4.79 Å². The van der Waals surface area contributed by atoms with Gasteiger partial charge >= 0.3 is 6.03 Å².